The van der Waals surface area contributed by atoms with Gasteiger partial charge >= 0.3 is 0 Å². The highest BCUT2D eigenvalue weighted by atomic mass is 16.3. The Kier molecular flexibility index (Phi) is 1.65. The molecule has 0 amide bonds. The molecule has 0 aromatic rings. The van der Waals surface area contributed by atoms with Crippen molar-refractivity contribution >= 4 is 0 Å². The molecule has 0 aromatic carbocycles. The van der Waals surface area contributed by atoms with E-state index < -0.39 is 0 Å². The SMILES string of the molecule is N[C@H]1C=CC(CO)C1. The van der Waals surface area contributed by atoms with Gasteiger partial charge in [-0.2, -0.15) is 0 Å². The molecule has 1 aliphatic rings. The van der Waals surface area contributed by atoms with E-state index in [4.69, 9.17) is 10.8 Å². The van der Waals surface area contributed by atoms with Gasteiger partial charge in [0.25, 0.3) is 0 Å². The number of aliphatic hydroxyl groups excluding tert-OH is 1. The summed E-state index contributed by atoms with van der Waals surface area (Å²) in [7, 11) is 0. The van der Waals surface area contributed by atoms with Crippen molar-refractivity contribution in [1.29, 1.82) is 0 Å². The van der Waals surface area contributed by atoms with Gasteiger partial charge in [-0.15, -0.1) is 0 Å². The Morgan fingerprint density at radius 2 is 2.38 bits per heavy atom. The largest absolute Gasteiger partial charge is 0.396 e. The van der Waals surface area contributed by atoms with Crippen LogP contribution in [0.5, 0.6) is 0 Å². The minimum absolute atomic E-state index is 0.187. The molecule has 0 spiro atoms. The van der Waals surface area contributed by atoms with Gasteiger partial charge in [-0.1, -0.05) is 12.2 Å². The lowest BCUT2D eigenvalue weighted by molar-refractivity contribution is 0.249. The molecular formula is C6H11NO. The molecule has 1 rings (SSSR count). The van der Waals surface area contributed by atoms with Crippen molar-refractivity contribution in [2.24, 2.45) is 11.7 Å². The van der Waals surface area contributed by atoms with Crippen molar-refractivity contribution in [2.45, 2.75) is 12.5 Å². The maximum atomic E-state index is 8.58. The molecule has 0 radical (unpaired) electrons. The van der Waals surface area contributed by atoms with Crippen LogP contribution in [0.2, 0.25) is 0 Å². The summed E-state index contributed by atoms with van der Waals surface area (Å²) in [5.41, 5.74) is 5.50. The van der Waals surface area contributed by atoms with Gasteiger partial charge in [0.05, 0.1) is 0 Å². The average Bonchev–Trinajstić information content (AvgIpc) is 2.14. The fourth-order valence-corrected chi connectivity index (χ4v) is 0.942. The number of hydrogen-bond donors (Lipinski definition) is 2. The third-order valence-electron chi connectivity index (χ3n) is 1.44. The quantitative estimate of drug-likeness (QED) is 0.466. The van der Waals surface area contributed by atoms with Crippen molar-refractivity contribution in [3.63, 3.8) is 0 Å². The van der Waals surface area contributed by atoms with Gasteiger partial charge in [-0.25, -0.2) is 0 Å². The van der Waals surface area contributed by atoms with Crippen LogP contribution in [0.25, 0.3) is 0 Å². The Hall–Kier alpha value is -0.340. The summed E-state index contributed by atoms with van der Waals surface area (Å²) in [6.45, 7) is 0.240. The lowest BCUT2D eigenvalue weighted by atomic mass is 10.1. The van der Waals surface area contributed by atoms with E-state index in [0.29, 0.717) is 5.92 Å². The van der Waals surface area contributed by atoms with Crippen molar-refractivity contribution in [1.82, 2.24) is 0 Å². The predicted octanol–water partition coefficient (Wildman–Crippen LogP) is -0.118. The Balaban J connectivity index is 2.34. The number of rotatable bonds is 1. The molecule has 0 aromatic heterocycles. The molecule has 0 heterocycles. The average molecular weight is 113 g/mol. The molecule has 1 aliphatic carbocycles. The van der Waals surface area contributed by atoms with Crippen molar-refractivity contribution in [3.8, 4) is 0 Å². The highest BCUT2D eigenvalue weighted by Crippen LogP contribution is 2.14. The summed E-state index contributed by atoms with van der Waals surface area (Å²) in [5, 5.41) is 8.58. The van der Waals surface area contributed by atoms with Crippen molar-refractivity contribution < 1.29 is 5.11 Å². The van der Waals surface area contributed by atoms with E-state index >= 15 is 0 Å². The van der Waals surface area contributed by atoms with Crippen LogP contribution in [0.4, 0.5) is 0 Å². The number of hydrogen-bond acceptors (Lipinski definition) is 2. The first kappa shape index (κ1) is 5.79. The summed E-state index contributed by atoms with van der Waals surface area (Å²) in [5.74, 6) is 0.324. The van der Waals surface area contributed by atoms with Crippen LogP contribution in [0.15, 0.2) is 12.2 Å². The molecule has 2 atom stereocenters. The van der Waals surface area contributed by atoms with Gasteiger partial charge in [0.2, 0.25) is 0 Å². The van der Waals surface area contributed by atoms with E-state index in [2.05, 4.69) is 0 Å². The second kappa shape index (κ2) is 2.29. The smallest absolute Gasteiger partial charge is 0.0494 e. The second-order valence-electron chi connectivity index (χ2n) is 2.23. The summed E-state index contributed by atoms with van der Waals surface area (Å²) in [6.07, 6.45) is 4.84. The number of aliphatic hydroxyl groups is 1. The molecule has 46 valence electrons. The summed E-state index contributed by atoms with van der Waals surface area (Å²) >= 11 is 0. The van der Waals surface area contributed by atoms with Crippen LogP contribution >= 0.6 is 0 Å². The first-order chi connectivity index (χ1) is 3.83. The maximum Gasteiger partial charge on any atom is 0.0494 e. The minimum atomic E-state index is 0.187. The van der Waals surface area contributed by atoms with Crippen LogP contribution in [0.1, 0.15) is 6.42 Å². The van der Waals surface area contributed by atoms with Crippen LogP contribution in [-0.2, 0) is 0 Å². The summed E-state index contributed by atoms with van der Waals surface area (Å²) in [6, 6.07) is 0.187. The minimum Gasteiger partial charge on any atom is -0.396 e. The Bertz CT molecular complexity index is 101. The lowest BCUT2D eigenvalue weighted by Gasteiger charge is -2.02. The fourth-order valence-electron chi connectivity index (χ4n) is 0.942. The zero-order valence-electron chi connectivity index (χ0n) is 4.75. The van der Waals surface area contributed by atoms with E-state index in [1.807, 2.05) is 12.2 Å². The maximum absolute atomic E-state index is 8.58. The molecule has 0 bridgehead atoms. The monoisotopic (exact) mass is 113 g/mol. The Morgan fingerprint density at radius 3 is 2.62 bits per heavy atom. The van der Waals surface area contributed by atoms with Crippen molar-refractivity contribution in [3.05, 3.63) is 12.2 Å². The third-order valence-corrected chi connectivity index (χ3v) is 1.44. The topological polar surface area (TPSA) is 46.2 Å². The van der Waals surface area contributed by atoms with Crippen LogP contribution in [0.3, 0.4) is 0 Å². The van der Waals surface area contributed by atoms with E-state index in [0.717, 1.165) is 6.42 Å². The van der Waals surface area contributed by atoms with Crippen LogP contribution < -0.4 is 5.73 Å². The van der Waals surface area contributed by atoms with Gasteiger partial charge < -0.3 is 10.8 Å². The van der Waals surface area contributed by atoms with Crippen LogP contribution in [-0.4, -0.2) is 17.8 Å². The predicted molar refractivity (Wildman–Crippen MR) is 32.3 cm³/mol. The highest BCUT2D eigenvalue weighted by Gasteiger charge is 2.13. The molecule has 2 heteroatoms. The van der Waals surface area contributed by atoms with Crippen LogP contribution in [0, 0.1) is 5.92 Å². The summed E-state index contributed by atoms with van der Waals surface area (Å²) < 4.78 is 0. The van der Waals surface area contributed by atoms with E-state index in [1.165, 1.54) is 0 Å². The molecule has 0 saturated carbocycles. The third kappa shape index (κ3) is 1.08. The highest BCUT2D eigenvalue weighted by molar-refractivity contribution is 5.04. The van der Waals surface area contributed by atoms with Gasteiger partial charge in [-0.05, 0) is 6.42 Å². The Morgan fingerprint density at radius 1 is 1.62 bits per heavy atom. The molecule has 3 N–H and O–H groups in total. The lowest BCUT2D eigenvalue weighted by Crippen LogP contribution is -2.15. The van der Waals surface area contributed by atoms with Gasteiger partial charge in [-0.3, -0.25) is 0 Å². The van der Waals surface area contributed by atoms with E-state index in [-0.39, 0.29) is 12.6 Å². The van der Waals surface area contributed by atoms with Gasteiger partial charge in [0.1, 0.15) is 0 Å². The molecule has 2 nitrogen and oxygen atoms in total. The molecular weight excluding hydrogens is 102 g/mol. The zero-order valence-corrected chi connectivity index (χ0v) is 4.75. The molecule has 8 heavy (non-hydrogen) atoms. The first-order valence-corrected chi connectivity index (χ1v) is 2.87. The normalized spacial score (nSPS) is 36.2. The second-order valence-corrected chi connectivity index (χ2v) is 2.23. The first-order valence-electron chi connectivity index (χ1n) is 2.87. The van der Waals surface area contributed by atoms with Crippen molar-refractivity contribution in [2.75, 3.05) is 6.61 Å². The van der Waals surface area contributed by atoms with Gasteiger partial charge in [0.15, 0.2) is 0 Å². The van der Waals surface area contributed by atoms with E-state index in [9.17, 15) is 0 Å². The van der Waals surface area contributed by atoms with E-state index in [1.54, 1.807) is 0 Å². The molecule has 1 unspecified atom stereocenters. The molecule has 0 saturated heterocycles. The Labute approximate surface area is 49.0 Å². The van der Waals surface area contributed by atoms with Gasteiger partial charge in [0, 0.05) is 18.6 Å². The molecule has 0 aliphatic heterocycles. The fraction of sp³-hybridized carbons (Fsp3) is 0.667. The number of nitrogens with two attached hydrogens (primary N) is 1. The standard InChI is InChI=1S/C6H11NO/c7-6-2-1-5(3-6)4-8/h1-2,5-6,8H,3-4,7H2/t5?,6-/m0/s1. The molecule has 0 fully saturated rings. The summed E-state index contributed by atoms with van der Waals surface area (Å²) in [4.78, 5) is 0. The zero-order chi connectivity index (χ0) is 5.98.